The van der Waals surface area contributed by atoms with Crippen LogP contribution in [-0.4, -0.2) is 17.1 Å². The van der Waals surface area contributed by atoms with E-state index in [2.05, 4.69) is 0 Å². The van der Waals surface area contributed by atoms with Crippen molar-refractivity contribution >= 4 is 5.97 Å². The summed E-state index contributed by atoms with van der Waals surface area (Å²) >= 11 is 0. The summed E-state index contributed by atoms with van der Waals surface area (Å²) in [5.41, 5.74) is -0.204. The van der Waals surface area contributed by atoms with Crippen LogP contribution < -0.4 is 5.43 Å². The molecule has 4 heteroatoms. The van der Waals surface area contributed by atoms with Gasteiger partial charge in [-0.15, -0.1) is 0 Å². The highest BCUT2D eigenvalue weighted by atomic mass is 16.5. The molecule has 1 aromatic heterocycles. The van der Waals surface area contributed by atoms with E-state index in [1.54, 1.807) is 17.7 Å². The normalized spacial score (nSPS) is 9.86. The third-order valence-electron chi connectivity index (χ3n) is 1.84. The lowest BCUT2D eigenvalue weighted by Crippen LogP contribution is -2.18. The van der Waals surface area contributed by atoms with Gasteiger partial charge in [-0.25, -0.2) is 4.79 Å². The number of nitrogens with zero attached hydrogens (tertiary/aromatic N) is 1. The van der Waals surface area contributed by atoms with Crippen molar-refractivity contribution < 1.29 is 9.53 Å². The van der Waals surface area contributed by atoms with Crippen molar-refractivity contribution in [2.24, 2.45) is 0 Å². The fourth-order valence-corrected chi connectivity index (χ4v) is 1.08. The summed E-state index contributed by atoms with van der Waals surface area (Å²) in [6.45, 7) is 4.63. The highest BCUT2D eigenvalue weighted by molar-refractivity contribution is 5.88. The van der Waals surface area contributed by atoms with Crippen LogP contribution in [-0.2, 0) is 11.3 Å². The second-order valence-corrected chi connectivity index (χ2v) is 2.77. The minimum Gasteiger partial charge on any atom is -0.462 e. The molecule has 0 saturated heterocycles. The summed E-state index contributed by atoms with van der Waals surface area (Å²) in [6.07, 6.45) is 3.16. The second-order valence-electron chi connectivity index (χ2n) is 2.77. The van der Waals surface area contributed by atoms with Crippen LogP contribution in [0.15, 0.2) is 23.3 Å². The lowest BCUT2D eigenvalue weighted by molar-refractivity contribution is 0.0524. The van der Waals surface area contributed by atoms with Crippen LogP contribution in [0.5, 0.6) is 0 Å². The van der Waals surface area contributed by atoms with E-state index in [4.69, 9.17) is 4.74 Å². The van der Waals surface area contributed by atoms with Crippen LogP contribution >= 0.6 is 0 Å². The molecule has 0 bridgehead atoms. The molecule has 1 heterocycles. The maximum absolute atomic E-state index is 11.3. The molecule has 1 aromatic rings. The van der Waals surface area contributed by atoms with E-state index in [9.17, 15) is 9.59 Å². The van der Waals surface area contributed by atoms with Gasteiger partial charge in [0.2, 0.25) is 0 Å². The van der Waals surface area contributed by atoms with Gasteiger partial charge in [0.05, 0.1) is 6.61 Å². The number of esters is 1. The monoisotopic (exact) mass is 195 g/mol. The summed E-state index contributed by atoms with van der Waals surface area (Å²) in [6, 6.07) is 1.37. The van der Waals surface area contributed by atoms with Gasteiger partial charge >= 0.3 is 5.97 Å². The second kappa shape index (κ2) is 4.60. The fraction of sp³-hybridized carbons (Fsp3) is 0.400. The molecule has 0 spiro atoms. The van der Waals surface area contributed by atoms with Gasteiger partial charge in [0, 0.05) is 25.0 Å². The molecular weight excluding hydrogens is 182 g/mol. The van der Waals surface area contributed by atoms with Crippen molar-refractivity contribution in [1.29, 1.82) is 0 Å². The van der Waals surface area contributed by atoms with Crippen molar-refractivity contribution in [1.82, 2.24) is 4.57 Å². The van der Waals surface area contributed by atoms with E-state index in [0.29, 0.717) is 6.54 Å². The first kappa shape index (κ1) is 10.5. The average molecular weight is 195 g/mol. The van der Waals surface area contributed by atoms with Gasteiger partial charge in [0.1, 0.15) is 5.56 Å². The van der Waals surface area contributed by atoms with Crippen LogP contribution in [0, 0.1) is 0 Å². The number of carbonyl (C=O) groups excluding carboxylic acids is 1. The molecule has 0 aliphatic carbocycles. The number of aryl methyl sites for hydroxylation is 1. The van der Waals surface area contributed by atoms with Gasteiger partial charge in [0.25, 0.3) is 0 Å². The Bertz CT molecular complexity index is 381. The number of ether oxygens (including phenoxy) is 1. The molecule has 0 aliphatic heterocycles. The largest absolute Gasteiger partial charge is 0.462 e. The van der Waals surface area contributed by atoms with E-state index in [1.807, 2.05) is 6.92 Å². The molecule has 0 fully saturated rings. The molecule has 4 nitrogen and oxygen atoms in total. The molecule has 0 atom stereocenters. The Morgan fingerprint density at radius 3 is 2.79 bits per heavy atom. The topological polar surface area (TPSA) is 48.3 Å². The van der Waals surface area contributed by atoms with Crippen LogP contribution in [0.25, 0.3) is 0 Å². The Labute approximate surface area is 82.1 Å². The zero-order chi connectivity index (χ0) is 10.6. The molecule has 0 radical (unpaired) electrons. The molecule has 0 amide bonds. The number of pyridine rings is 1. The quantitative estimate of drug-likeness (QED) is 0.677. The Balaban J connectivity index is 3.06. The SMILES string of the molecule is CCOC(=O)c1cn(CC)ccc1=O. The number of hydrogen-bond donors (Lipinski definition) is 0. The number of hydrogen-bond acceptors (Lipinski definition) is 3. The summed E-state index contributed by atoms with van der Waals surface area (Å²) in [5.74, 6) is -0.555. The van der Waals surface area contributed by atoms with Crippen molar-refractivity contribution in [2.45, 2.75) is 20.4 Å². The number of aromatic nitrogens is 1. The number of carbonyl (C=O) groups is 1. The average Bonchev–Trinajstić information content (AvgIpc) is 2.19. The highest BCUT2D eigenvalue weighted by Gasteiger charge is 2.10. The van der Waals surface area contributed by atoms with E-state index in [1.165, 1.54) is 12.3 Å². The maximum atomic E-state index is 11.3. The van der Waals surface area contributed by atoms with E-state index >= 15 is 0 Å². The third kappa shape index (κ3) is 2.22. The number of rotatable bonds is 3. The molecular formula is C10H13NO3. The Hall–Kier alpha value is -1.58. The highest BCUT2D eigenvalue weighted by Crippen LogP contribution is 1.96. The van der Waals surface area contributed by atoms with Crippen LogP contribution in [0.2, 0.25) is 0 Å². The van der Waals surface area contributed by atoms with Crippen LogP contribution in [0.4, 0.5) is 0 Å². The van der Waals surface area contributed by atoms with Gasteiger partial charge in [-0.2, -0.15) is 0 Å². The smallest absolute Gasteiger partial charge is 0.343 e. The molecule has 0 N–H and O–H groups in total. The Morgan fingerprint density at radius 1 is 1.50 bits per heavy atom. The molecule has 0 unspecified atom stereocenters. The van der Waals surface area contributed by atoms with Gasteiger partial charge in [-0.3, -0.25) is 4.79 Å². The predicted molar refractivity (Wildman–Crippen MR) is 52.3 cm³/mol. The first-order valence-electron chi connectivity index (χ1n) is 4.56. The molecule has 0 aromatic carbocycles. The van der Waals surface area contributed by atoms with Crippen LogP contribution in [0.3, 0.4) is 0 Å². The predicted octanol–water partition coefficient (Wildman–Crippen LogP) is 1.04. The Kier molecular flexibility index (Phi) is 3.45. The van der Waals surface area contributed by atoms with Crippen molar-refractivity contribution in [3.8, 4) is 0 Å². The molecule has 0 saturated carbocycles. The van der Waals surface area contributed by atoms with E-state index in [0.717, 1.165) is 0 Å². The minimum atomic E-state index is -0.555. The van der Waals surface area contributed by atoms with Crippen molar-refractivity contribution in [3.63, 3.8) is 0 Å². The summed E-state index contributed by atoms with van der Waals surface area (Å²) in [4.78, 5) is 22.6. The molecule has 14 heavy (non-hydrogen) atoms. The van der Waals surface area contributed by atoms with E-state index in [-0.39, 0.29) is 17.6 Å². The van der Waals surface area contributed by atoms with Gasteiger partial charge < -0.3 is 9.30 Å². The minimum absolute atomic E-state index is 0.0937. The Morgan fingerprint density at radius 2 is 2.21 bits per heavy atom. The van der Waals surface area contributed by atoms with Crippen LogP contribution in [0.1, 0.15) is 24.2 Å². The fourth-order valence-electron chi connectivity index (χ4n) is 1.08. The maximum Gasteiger partial charge on any atom is 0.343 e. The third-order valence-corrected chi connectivity index (χ3v) is 1.84. The van der Waals surface area contributed by atoms with E-state index < -0.39 is 5.97 Å². The first-order chi connectivity index (χ1) is 6.69. The van der Waals surface area contributed by atoms with Gasteiger partial charge in [-0.05, 0) is 13.8 Å². The zero-order valence-corrected chi connectivity index (χ0v) is 8.32. The van der Waals surface area contributed by atoms with Crippen molar-refractivity contribution in [2.75, 3.05) is 6.61 Å². The summed E-state index contributed by atoms with van der Waals surface area (Å²) in [5, 5.41) is 0. The van der Waals surface area contributed by atoms with Gasteiger partial charge in [0.15, 0.2) is 5.43 Å². The molecule has 1 rings (SSSR count). The van der Waals surface area contributed by atoms with Crippen molar-refractivity contribution in [3.05, 3.63) is 34.2 Å². The summed E-state index contributed by atoms with van der Waals surface area (Å²) < 4.78 is 6.51. The molecule has 76 valence electrons. The standard InChI is InChI=1S/C10H13NO3/c1-3-11-6-5-9(12)8(7-11)10(13)14-4-2/h5-7H,3-4H2,1-2H3. The summed E-state index contributed by atoms with van der Waals surface area (Å²) in [7, 11) is 0. The molecule has 0 aliphatic rings. The lowest BCUT2D eigenvalue weighted by Gasteiger charge is -2.04. The zero-order valence-electron chi connectivity index (χ0n) is 8.32. The first-order valence-corrected chi connectivity index (χ1v) is 4.56. The van der Waals surface area contributed by atoms with Gasteiger partial charge in [-0.1, -0.05) is 0 Å². The lowest BCUT2D eigenvalue weighted by atomic mass is 10.3.